The van der Waals surface area contributed by atoms with E-state index in [-0.39, 0.29) is 11.2 Å². The van der Waals surface area contributed by atoms with E-state index in [2.05, 4.69) is 31.9 Å². The highest BCUT2D eigenvalue weighted by atomic mass is 79.9. The Morgan fingerprint density at radius 2 is 1.54 bits per heavy atom. The molecule has 2 nitrogen and oxygen atoms in total. The minimum Gasteiger partial charge on any atom is -0.289 e. The maximum atomic E-state index is 13.2. The van der Waals surface area contributed by atoms with Gasteiger partial charge in [-0.1, -0.05) is 61.3 Å². The lowest BCUT2D eigenvalue weighted by Gasteiger charge is -2.04. The lowest BCUT2D eigenvalue weighted by Crippen LogP contribution is -2.23. The van der Waals surface area contributed by atoms with Crippen LogP contribution in [0.25, 0.3) is 26.5 Å². The topological polar surface area (TPSA) is 34.1 Å². The normalized spacial score (nSPS) is 16.0. The van der Waals surface area contributed by atoms with Crippen molar-refractivity contribution in [3.8, 4) is 0 Å². The molecule has 0 fully saturated rings. The number of ketones is 1. The Hall–Kier alpha value is -1.40. The van der Waals surface area contributed by atoms with Gasteiger partial charge in [0.1, 0.15) is 0 Å². The average molecular weight is 507 g/mol. The largest absolute Gasteiger partial charge is 0.289 e. The minimum absolute atomic E-state index is 0.106. The van der Waals surface area contributed by atoms with Crippen molar-refractivity contribution in [1.82, 2.24) is 0 Å². The van der Waals surface area contributed by atoms with E-state index in [9.17, 15) is 9.59 Å². The van der Waals surface area contributed by atoms with Gasteiger partial charge in [-0.05, 0) is 41.8 Å². The van der Waals surface area contributed by atoms with E-state index in [1.807, 2.05) is 24.3 Å². The van der Waals surface area contributed by atoms with Crippen LogP contribution in [0.3, 0.4) is 0 Å². The summed E-state index contributed by atoms with van der Waals surface area (Å²) < 4.78 is 1.81. The number of benzene rings is 3. The summed E-state index contributed by atoms with van der Waals surface area (Å²) in [6.45, 7) is 0. The van der Waals surface area contributed by atoms with Crippen LogP contribution in [0.15, 0.2) is 61.1 Å². The Bertz CT molecular complexity index is 1370. The van der Waals surface area contributed by atoms with Crippen LogP contribution < -0.4 is 10.6 Å². The highest BCUT2D eigenvalue weighted by Crippen LogP contribution is 2.42. The maximum Gasteiger partial charge on any atom is 0.201 e. The Balaban J connectivity index is 1.98. The molecule has 5 rings (SSSR count). The molecule has 0 aliphatic carbocycles. The van der Waals surface area contributed by atoms with Crippen LogP contribution in [0.2, 0.25) is 5.02 Å². The van der Waals surface area contributed by atoms with Crippen LogP contribution in [0.1, 0.15) is 10.4 Å². The van der Waals surface area contributed by atoms with Crippen LogP contribution in [0, 0.1) is 0 Å². The van der Waals surface area contributed by atoms with Crippen molar-refractivity contribution in [1.29, 1.82) is 0 Å². The summed E-state index contributed by atoms with van der Waals surface area (Å²) in [5.41, 5.74) is 0.491. The van der Waals surface area contributed by atoms with Gasteiger partial charge in [0.15, 0.2) is 5.43 Å². The first-order valence-electron chi connectivity index (χ1n) is 7.69. The molecule has 0 unspecified atom stereocenters. The maximum absolute atomic E-state index is 13.2. The Morgan fingerprint density at radius 1 is 0.846 bits per heavy atom. The molecule has 1 heterocycles. The number of hydrogen-bond donors (Lipinski definition) is 0. The van der Waals surface area contributed by atoms with Gasteiger partial charge >= 0.3 is 0 Å². The molecule has 0 bridgehead atoms. The number of Topliss-reactive ketones (excluding diaryl/α,β-unsaturated/α-hetero) is 1. The molecule has 0 atom stereocenters. The number of fused-ring (bicyclic) bond motifs is 1. The summed E-state index contributed by atoms with van der Waals surface area (Å²) in [5.74, 6) is -0.118. The molecule has 6 heteroatoms. The van der Waals surface area contributed by atoms with E-state index in [4.69, 9.17) is 11.6 Å². The Labute approximate surface area is 173 Å². The second-order valence-electron chi connectivity index (χ2n) is 6.04. The fourth-order valence-corrected chi connectivity index (χ4v) is 6.28. The van der Waals surface area contributed by atoms with Crippen molar-refractivity contribution in [2.24, 2.45) is 0 Å². The molecule has 0 spiro atoms. The first-order chi connectivity index (χ1) is 12.5. The molecule has 126 valence electrons. The van der Waals surface area contributed by atoms with Crippen LogP contribution >= 0.6 is 55.2 Å². The lowest BCUT2D eigenvalue weighted by atomic mass is 10.1. The molecular weight excluding hydrogens is 500 g/mol. The van der Waals surface area contributed by atoms with Crippen LogP contribution in [0.4, 0.5) is 0 Å². The molecule has 0 saturated heterocycles. The summed E-state index contributed by atoms with van der Waals surface area (Å²) >= 11 is 14.5. The minimum atomic E-state index is -0.118. The number of thioether (sulfide) groups is 1. The van der Waals surface area contributed by atoms with E-state index < -0.39 is 0 Å². The molecule has 0 aromatic heterocycles. The van der Waals surface area contributed by atoms with Crippen molar-refractivity contribution in [3.05, 3.63) is 77.4 Å². The van der Waals surface area contributed by atoms with Gasteiger partial charge in [0.05, 0.1) is 4.91 Å². The summed E-state index contributed by atoms with van der Waals surface area (Å²) in [6.07, 6.45) is 0. The zero-order valence-electron chi connectivity index (χ0n) is 12.9. The van der Waals surface area contributed by atoms with E-state index in [1.165, 1.54) is 11.8 Å². The van der Waals surface area contributed by atoms with Gasteiger partial charge in [0, 0.05) is 45.8 Å². The number of carbonyl (C=O) groups is 1. The molecule has 0 radical (unpaired) electrons. The van der Waals surface area contributed by atoms with Gasteiger partial charge < -0.3 is 0 Å². The predicted octanol–water partition coefficient (Wildman–Crippen LogP) is 5.79. The van der Waals surface area contributed by atoms with E-state index >= 15 is 0 Å². The van der Waals surface area contributed by atoms with Crippen molar-refractivity contribution >= 4 is 87.5 Å². The first kappa shape index (κ1) is 16.8. The van der Waals surface area contributed by atoms with Gasteiger partial charge in [-0.15, -0.1) is 0 Å². The van der Waals surface area contributed by atoms with Crippen LogP contribution in [-0.2, 0) is 0 Å². The van der Waals surface area contributed by atoms with Crippen LogP contribution in [0.5, 0.6) is 0 Å². The van der Waals surface area contributed by atoms with E-state index in [1.54, 1.807) is 18.2 Å². The summed E-state index contributed by atoms with van der Waals surface area (Å²) in [5, 5.41) is 4.32. The number of hydrogen-bond acceptors (Lipinski definition) is 3. The van der Waals surface area contributed by atoms with Gasteiger partial charge in [-0.2, -0.15) is 0 Å². The molecular formula is C20H7Br2ClO2S. The smallest absolute Gasteiger partial charge is 0.201 e. The lowest BCUT2D eigenvalue weighted by molar-refractivity contribution is 0.105. The van der Waals surface area contributed by atoms with Gasteiger partial charge in [-0.25, -0.2) is 0 Å². The predicted molar refractivity (Wildman–Crippen MR) is 115 cm³/mol. The fourth-order valence-electron chi connectivity index (χ4n) is 3.50. The third kappa shape index (κ3) is 2.18. The van der Waals surface area contributed by atoms with Crippen molar-refractivity contribution < 1.29 is 4.79 Å². The molecule has 26 heavy (non-hydrogen) atoms. The van der Waals surface area contributed by atoms with Crippen molar-refractivity contribution in [2.75, 3.05) is 0 Å². The highest BCUT2D eigenvalue weighted by molar-refractivity contribution is 9.11. The average Bonchev–Trinajstić information content (AvgIpc) is 3.07. The van der Waals surface area contributed by atoms with Gasteiger partial charge in [-0.3, -0.25) is 9.59 Å². The molecule has 1 aliphatic rings. The quantitative estimate of drug-likeness (QED) is 0.303. The first-order valence-corrected chi connectivity index (χ1v) is 10.5. The van der Waals surface area contributed by atoms with E-state index in [0.717, 1.165) is 30.0 Å². The van der Waals surface area contributed by atoms with Crippen molar-refractivity contribution in [3.63, 3.8) is 0 Å². The summed E-state index contributed by atoms with van der Waals surface area (Å²) in [4.78, 5) is 27.4. The van der Waals surface area contributed by atoms with Gasteiger partial charge in [0.2, 0.25) is 5.78 Å². The molecule has 0 amide bonds. The number of carbonyl (C=O) groups excluding carboxylic acids is 1. The van der Waals surface area contributed by atoms with Gasteiger partial charge in [0.25, 0.3) is 0 Å². The second-order valence-corrected chi connectivity index (χ2v) is 9.24. The Kier molecular flexibility index (Phi) is 3.73. The molecule has 0 saturated carbocycles. The molecule has 4 aromatic carbocycles. The third-order valence-electron chi connectivity index (χ3n) is 4.63. The number of rotatable bonds is 0. The SMILES string of the molecule is O=C1C(=c2c(=O)c3ccc(Br)c4c(Br)ccc2c43)Sc2cc(Cl)ccc21. The van der Waals surface area contributed by atoms with Crippen molar-refractivity contribution in [2.45, 2.75) is 4.90 Å². The highest BCUT2D eigenvalue weighted by Gasteiger charge is 2.29. The molecule has 4 aromatic rings. The van der Waals surface area contributed by atoms with Crippen LogP contribution in [-0.4, -0.2) is 5.78 Å². The zero-order valence-corrected chi connectivity index (χ0v) is 17.6. The molecule has 1 aliphatic heterocycles. The monoisotopic (exact) mass is 504 g/mol. The number of halogens is 3. The summed E-state index contributed by atoms with van der Waals surface area (Å²) in [7, 11) is 0. The second kappa shape index (κ2) is 5.80. The fraction of sp³-hybridized carbons (Fsp3) is 0. The third-order valence-corrected chi connectivity index (χ3v) is 7.34. The standard InChI is InChI=1S/C20H7Br2ClO2S/c21-12-5-3-10-15-11(4-6-13(22)17(12)15)18(24)16(10)20-19(25)9-2-1-8(23)7-14(9)26-20/h1-7H. The molecule has 0 N–H and O–H groups in total. The summed E-state index contributed by atoms with van der Waals surface area (Å²) in [6, 6.07) is 12.7. The van der Waals surface area contributed by atoms with E-state index in [0.29, 0.717) is 26.1 Å². The zero-order chi connectivity index (χ0) is 18.2. The Morgan fingerprint density at radius 3 is 2.27 bits per heavy atom.